The topological polar surface area (TPSA) is 87.3 Å². The van der Waals surface area contributed by atoms with E-state index in [4.69, 9.17) is 0 Å². The Balaban J connectivity index is 1.22. The predicted molar refractivity (Wildman–Crippen MR) is 165 cm³/mol. The van der Waals surface area contributed by atoms with Crippen LogP contribution in [0.15, 0.2) is 124 Å². The molecule has 5 aromatic rings. The van der Waals surface area contributed by atoms with Gasteiger partial charge in [0.1, 0.15) is 5.70 Å². The van der Waals surface area contributed by atoms with Crippen molar-refractivity contribution in [1.29, 1.82) is 0 Å². The molecule has 5 rings (SSSR count). The van der Waals surface area contributed by atoms with Crippen molar-refractivity contribution in [3.63, 3.8) is 0 Å². The van der Waals surface area contributed by atoms with Crippen LogP contribution in [-0.4, -0.2) is 23.5 Å². The minimum atomic E-state index is -0.452. The van der Waals surface area contributed by atoms with Crippen LogP contribution in [0.25, 0.3) is 16.8 Å². The van der Waals surface area contributed by atoms with Gasteiger partial charge in [0.25, 0.3) is 11.8 Å². The van der Waals surface area contributed by atoms with Gasteiger partial charge in [-0.1, -0.05) is 54.6 Å². The minimum absolute atomic E-state index is 0.125. The van der Waals surface area contributed by atoms with Crippen LogP contribution in [0.4, 0.5) is 11.4 Å². The Kier molecular flexibility index (Phi) is 8.70. The van der Waals surface area contributed by atoms with Gasteiger partial charge in [-0.2, -0.15) is 11.3 Å². The number of rotatable bonds is 9. The second-order valence-corrected chi connectivity index (χ2v) is 10.6. The third-order valence-electron chi connectivity index (χ3n) is 5.88. The van der Waals surface area contributed by atoms with E-state index < -0.39 is 5.91 Å². The lowest BCUT2D eigenvalue weighted by Gasteiger charge is -2.12. The molecule has 0 radical (unpaired) electrons. The third-order valence-corrected chi connectivity index (χ3v) is 7.57. The van der Waals surface area contributed by atoms with E-state index in [1.54, 1.807) is 42.5 Å². The number of fused-ring (bicyclic) bond motifs is 1. The summed E-state index contributed by atoms with van der Waals surface area (Å²) in [4.78, 5) is 39.4. The molecule has 198 valence electrons. The summed E-state index contributed by atoms with van der Waals surface area (Å²) in [6, 6.07) is 31.6. The van der Waals surface area contributed by atoms with Crippen molar-refractivity contribution in [1.82, 2.24) is 5.32 Å². The lowest BCUT2D eigenvalue weighted by molar-refractivity contribution is -0.114. The van der Waals surface area contributed by atoms with Gasteiger partial charge in [-0.05, 0) is 81.7 Å². The normalized spacial score (nSPS) is 11.2. The molecule has 0 aliphatic heterocycles. The summed E-state index contributed by atoms with van der Waals surface area (Å²) < 4.78 is 0. The SMILES string of the molecule is O=C(CSc1cccc(NC(=O)/C(=C/c2ccsc2)NC(=O)c2ccccc2)c1)Nc1ccc2ccccc2c1. The second-order valence-electron chi connectivity index (χ2n) is 8.82. The smallest absolute Gasteiger partial charge is 0.272 e. The summed E-state index contributed by atoms with van der Waals surface area (Å²) in [6.45, 7) is 0. The summed E-state index contributed by atoms with van der Waals surface area (Å²) in [5.41, 5.74) is 2.68. The van der Waals surface area contributed by atoms with Crippen molar-refractivity contribution < 1.29 is 14.4 Å². The van der Waals surface area contributed by atoms with Gasteiger partial charge in [0.15, 0.2) is 0 Å². The molecule has 0 fully saturated rings. The molecule has 6 nitrogen and oxygen atoms in total. The van der Waals surface area contributed by atoms with Crippen LogP contribution >= 0.6 is 23.1 Å². The van der Waals surface area contributed by atoms with E-state index in [0.29, 0.717) is 11.3 Å². The molecule has 1 aromatic heterocycles. The largest absolute Gasteiger partial charge is 0.325 e. The van der Waals surface area contributed by atoms with Gasteiger partial charge in [0.2, 0.25) is 5.91 Å². The molecule has 0 aliphatic carbocycles. The number of thiophene rings is 1. The summed E-state index contributed by atoms with van der Waals surface area (Å²) in [5, 5.41) is 14.5. The Morgan fingerprint density at radius 2 is 1.52 bits per heavy atom. The minimum Gasteiger partial charge on any atom is -0.325 e. The maximum Gasteiger partial charge on any atom is 0.272 e. The number of nitrogens with one attached hydrogen (secondary N) is 3. The van der Waals surface area contributed by atoms with Crippen LogP contribution in [-0.2, 0) is 9.59 Å². The van der Waals surface area contributed by atoms with E-state index in [0.717, 1.165) is 26.9 Å². The van der Waals surface area contributed by atoms with E-state index in [1.807, 2.05) is 77.5 Å². The number of carbonyl (C=O) groups is 3. The van der Waals surface area contributed by atoms with Crippen LogP contribution < -0.4 is 16.0 Å². The molecule has 40 heavy (non-hydrogen) atoms. The van der Waals surface area contributed by atoms with Crippen LogP contribution in [0, 0.1) is 0 Å². The fourth-order valence-electron chi connectivity index (χ4n) is 3.94. The molecule has 0 aliphatic rings. The molecule has 0 atom stereocenters. The van der Waals surface area contributed by atoms with Crippen LogP contribution in [0.3, 0.4) is 0 Å². The van der Waals surface area contributed by atoms with Gasteiger partial charge in [0, 0.05) is 21.8 Å². The lowest BCUT2D eigenvalue weighted by atomic mass is 10.1. The Hall–Kier alpha value is -4.66. The Morgan fingerprint density at radius 3 is 2.33 bits per heavy atom. The standard InChI is InChI=1S/C32H25N3O3S2/c36-30(33-27-14-13-23-7-4-5-10-25(23)18-27)21-40-28-12-6-11-26(19-28)34-32(38)29(17-22-15-16-39-20-22)35-31(37)24-8-2-1-3-9-24/h1-20H,21H2,(H,33,36)(H,34,38)(H,35,37)/b29-17-. The fraction of sp³-hybridized carbons (Fsp3) is 0.0312. The molecule has 0 saturated carbocycles. The van der Waals surface area contributed by atoms with E-state index in [-0.39, 0.29) is 23.3 Å². The zero-order valence-corrected chi connectivity index (χ0v) is 22.9. The van der Waals surface area contributed by atoms with Crippen LogP contribution in [0.2, 0.25) is 0 Å². The molecule has 8 heteroatoms. The first kappa shape index (κ1) is 26.9. The first-order valence-electron chi connectivity index (χ1n) is 12.5. The fourth-order valence-corrected chi connectivity index (χ4v) is 5.31. The molecule has 0 saturated heterocycles. The summed E-state index contributed by atoms with van der Waals surface area (Å²) in [6.07, 6.45) is 1.64. The number of anilines is 2. The van der Waals surface area contributed by atoms with Crippen molar-refractivity contribution in [3.8, 4) is 0 Å². The molecule has 4 aromatic carbocycles. The molecule has 0 unspecified atom stereocenters. The number of amides is 3. The monoisotopic (exact) mass is 563 g/mol. The average molecular weight is 564 g/mol. The van der Waals surface area contributed by atoms with E-state index in [9.17, 15) is 14.4 Å². The van der Waals surface area contributed by atoms with Gasteiger partial charge in [0.05, 0.1) is 5.75 Å². The Bertz CT molecular complexity index is 1680. The van der Waals surface area contributed by atoms with E-state index >= 15 is 0 Å². The highest BCUT2D eigenvalue weighted by Crippen LogP contribution is 2.24. The summed E-state index contributed by atoms with van der Waals surface area (Å²) >= 11 is 2.86. The lowest BCUT2D eigenvalue weighted by Crippen LogP contribution is -2.30. The number of hydrogen-bond acceptors (Lipinski definition) is 5. The Labute approximate surface area is 240 Å². The summed E-state index contributed by atoms with van der Waals surface area (Å²) in [7, 11) is 0. The number of benzene rings is 4. The number of thioether (sulfide) groups is 1. The average Bonchev–Trinajstić information content (AvgIpc) is 3.49. The molecule has 0 spiro atoms. The quantitative estimate of drug-likeness (QED) is 0.133. The molecular formula is C32H25N3O3S2. The third kappa shape index (κ3) is 7.25. The van der Waals surface area contributed by atoms with Crippen molar-refractivity contribution in [2.45, 2.75) is 4.90 Å². The van der Waals surface area contributed by atoms with Crippen molar-refractivity contribution in [2.75, 3.05) is 16.4 Å². The predicted octanol–water partition coefficient (Wildman–Crippen LogP) is 7.04. The second kappa shape index (κ2) is 12.9. The van der Waals surface area contributed by atoms with Crippen molar-refractivity contribution in [2.24, 2.45) is 0 Å². The Morgan fingerprint density at radius 1 is 0.750 bits per heavy atom. The molecule has 1 heterocycles. The molecule has 0 bridgehead atoms. The van der Waals surface area contributed by atoms with Crippen LogP contribution in [0.5, 0.6) is 0 Å². The highest BCUT2D eigenvalue weighted by atomic mass is 32.2. The number of carbonyl (C=O) groups excluding carboxylic acids is 3. The van der Waals surface area contributed by atoms with E-state index in [1.165, 1.54) is 23.1 Å². The first-order chi connectivity index (χ1) is 19.5. The van der Waals surface area contributed by atoms with Gasteiger partial charge in [-0.15, -0.1) is 11.8 Å². The molecule has 3 amide bonds. The zero-order valence-electron chi connectivity index (χ0n) is 21.3. The van der Waals surface area contributed by atoms with Gasteiger partial charge in [-0.3, -0.25) is 14.4 Å². The van der Waals surface area contributed by atoms with Gasteiger partial charge in [-0.25, -0.2) is 0 Å². The summed E-state index contributed by atoms with van der Waals surface area (Å²) in [5.74, 6) is -0.745. The van der Waals surface area contributed by atoms with E-state index in [2.05, 4.69) is 16.0 Å². The van der Waals surface area contributed by atoms with Gasteiger partial charge >= 0.3 is 0 Å². The molecule has 3 N–H and O–H groups in total. The molecular weight excluding hydrogens is 539 g/mol. The maximum atomic E-state index is 13.2. The van der Waals surface area contributed by atoms with Gasteiger partial charge < -0.3 is 16.0 Å². The van der Waals surface area contributed by atoms with Crippen molar-refractivity contribution in [3.05, 3.63) is 131 Å². The zero-order chi connectivity index (χ0) is 27.7. The highest BCUT2D eigenvalue weighted by Gasteiger charge is 2.15. The van der Waals surface area contributed by atoms with Crippen molar-refractivity contribution >= 4 is 69.0 Å². The number of hydrogen-bond donors (Lipinski definition) is 3. The first-order valence-corrected chi connectivity index (χ1v) is 14.4. The maximum absolute atomic E-state index is 13.2. The highest BCUT2D eigenvalue weighted by molar-refractivity contribution is 8.00. The van der Waals surface area contributed by atoms with Crippen LogP contribution in [0.1, 0.15) is 15.9 Å².